The van der Waals surface area contributed by atoms with E-state index in [2.05, 4.69) is 29.1 Å². The Morgan fingerprint density at radius 3 is 2.81 bits per heavy atom. The highest BCUT2D eigenvalue weighted by Gasteiger charge is 2.09. The molecule has 2 aromatic rings. The average Bonchev–Trinajstić information content (AvgIpc) is 2.70. The van der Waals surface area contributed by atoms with Crippen molar-refractivity contribution in [2.45, 2.75) is 19.8 Å². The predicted molar refractivity (Wildman–Crippen MR) is 63.6 cm³/mol. The van der Waals surface area contributed by atoms with E-state index in [1.165, 1.54) is 0 Å². The molecule has 0 bridgehead atoms. The van der Waals surface area contributed by atoms with Gasteiger partial charge in [-0.05, 0) is 18.2 Å². The number of aromatic nitrogens is 2. The van der Waals surface area contributed by atoms with Gasteiger partial charge in [0.05, 0.1) is 11.0 Å². The SMILES string of the molecule is CNC(=O)c1ccc2nc(C(C)C)[nH]c2c1. The first-order chi connectivity index (χ1) is 7.61. The van der Waals surface area contributed by atoms with E-state index in [9.17, 15) is 4.79 Å². The fourth-order valence-corrected chi connectivity index (χ4v) is 1.59. The molecule has 0 atom stereocenters. The molecule has 0 spiro atoms. The number of rotatable bonds is 2. The van der Waals surface area contributed by atoms with E-state index in [1.807, 2.05) is 12.1 Å². The van der Waals surface area contributed by atoms with E-state index < -0.39 is 0 Å². The lowest BCUT2D eigenvalue weighted by Gasteiger charge is -1.98. The van der Waals surface area contributed by atoms with Crippen LogP contribution in [0.3, 0.4) is 0 Å². The molecule has 4 heteroatoms. The minimum absolute atomic E-state index is 0.0809. The number of H-pyrrole nitrogens is 1. The van der Waals surface area contributed by atoms with Gasteiger partial charge >= 0.3 is 0 Å². The fourth-order valence-electron chi connectivity index (χ4n) is 1.59. The van der Waals surface area contributed by atoms with Crippen LogP contribution in [0.5, 0.6) is 0 Å². The molecule has 1 heterocycles. The van der Waals surface area contributed by atoms with E-state index in [1.54, 1.807) is 13.1 Å². The first-order valence-electron chi connectivity index (χ1n) is 5.33. The normalized spacial score (nSPS) is 11.0. The molecule has 0 radical (unpaired) electrons. The molecular weight excluding hydrogens is 202 g/mol. The molecule has 0 aliphatic carbocycles. The van der Waals surface area contributed by atoms with Gasteiger partial charge in [-0.3, -0.25) is 4.79 Å². The summed E-state index contributed by atoms with van der Waals surface area (Å²) in [6.45, 7) is 4.16. The summed E-state index contributed by atoms with van der Waals surface area (Å²) >= 11 is 0. The topological polar surface area (TPSA) is 57.8 Å². The smallest absolute Gasteiger partial charge is 0.251 e. The first kappa shape index (κ1) is 10.7. The van der Waals surface area contributed by atoms with Gasteiger partial charge in [-0.1, -0.05) is 13.8 Å². The molecule has 2 N–H and O–H groups in total. The van der Waals surface area contributed by atoms with Crippen LogP contribution in [0.25, 0.3) is 11.0 Å². The highest BCUT2D eigenvalue weighted by Crippen LogP contribution is 2.18. The Balaban J connectivity index is 2.49. The summed E-state index contributed by atoms with van der Waals surface area (Å²) in [5, 5.41) is 2.60. The highest BCUT2D eigenvalue weighted by atomic mass is 16.1. The third-order valence-corrected chi connectivity index (χ3v) is 2.54. The van der Waals surface area contributed by atoms with E-state index in [0.29, 0.717) is 11.5 Å². The average molecular weight is 217 g/mol. The monoisotopic (exact) mass is 217 g/mol. The minimum Gasteiger partial charge on any atom is -0.355 e. The predicted octanol–water partition coefficient (Wildman–Crippen LogP) is 2.05. The quantitative estimate of drug-likeness (QED) is 0.808. The zero-order valence-electron chi connectivity index (χ0n) is 9.66. The van der Waals surface area contributed by atoms with Crippen molar-refractivity contribution in [3.63, 3.8) is 0 Å². The molecule has 1 aromatic heterocycles. The third-order valence-electron chi connectivity index (χ3n) is 2.54. The molecule has 4 nitrogen and oxygen atoms in total. The van der Waals surface area contributed by atoms with Crippen molar-refractivity contribution in [3.05, 3.63) is 29.6 Å². The molecule has 0 saturated carbocycles. The molecule has 0 unspecified atom stereocenters. The minimum atomic E-state index is -0.0809. The van der Waals surface area contributed by atoms with Gasteiger partial charge in [0.25, 0.3) is 5.91 Å². The Kier molecular flexibility index (Phi) is 2.64. The van der Waals surface area contributed by atoms with Gasteiger partial charge in [0, 0.05) is 18.5 Å². The van der Waals surface area contributed by atoms with Crippen molar-refractivity contribution in [1.29, 1.82) is 0 Å². The molecule has 0 fully saturated rings. The Hall–Kier alpha value is -1.84. The van der Waals surface area contributed by atoms with Crippen LogP contribution < -0.4 is 5.32 Å². The largest absolute Gasteiger partial charge is 0.355 e. The summed E-state index contributed by atoms with van der Waals surface area (Å²) < 4.78 is 0. The van der Waals surface area contributed by atoms with Gasteiger partial charge in [-0.15, -0.1) is 0 Å². The van der Waals surface area contributed by atoms with E-state index >= 15 is 0 Å². The van der Waals surface area contributed by atoms with Crippen molar-refractivity contribution in [2.75, 3.05) is 7.05 Å². The first-order valence-corrected chi connectivity index (χ1v) is 5.33. The number of nitrogens with zero attached hydrogens (tertiary/aromatic N) is 1. The Labute approximate surface area is 94.1 Å². The van der Waals surface area contributed by atoms with Crippen LogP contribution in [0.2, 0.25) is 0 Å². The van der Waals surface area contributed by atoms with E-state index in [4.69, 9.17) is 0 Å². The van der Waals surface area contributed by atoms with Crippen molar-refractivity contribution in [3.8, 4) is 0 Å². The number of imidazole rings is 1. The van der Waals surface area contributed by atoms with Crippen molar-refractivity contribution < 1.29 is 4.79 Å². The van der Waals surface area contributed by atoms with Gasteiger partial charge in [-0.2, -0.15) is 0 Å². The molecule has 0 aliphatic heterocycles. The maximum Gasteiger partial charge on any atom is 0.251 e. The molecule has 2 rings (SSSR count). The number of aromatic amines is 1. The van der Waals surface area contributed by atoms with Gasteiger partial charge < -0.3 is 10.3 Å². The Morgan fingerprint density at radius 2 is 2.19 bits per heavy atom. The molecular formula is C12H15N3O. The van der Waals surface area contributed by atoms with Gasteiger partial charge in [0.15, 0.2) is 0 Å². The van der Waals surface area contributed by atoms with E-state index in [-0.39, 0.29) is 5.91 Å². The Bertz CT molecular complexity index is 528. The van der Waals surface area contributed by atoms with Crippen LogP contribution in [-0.4, -0.2) is 22.9 Å². The van der Waals surface area contributed by atoms with Crippen LogP contribution in [0.4, 0.5) is 0 Å². The number of benzene rings is 1. The Morgan fingerprint density at radius 1 is 1.44 bits per heavy atom. The second-order valence-electron chi connectivity index (χ2n) is 4.09. The fraction of sp³-hybridized carbons (Fsp3) is 0.333. The summed E-state index contributed by atoms with van der Waals surface area (Å²) in [7, 11) is 1.62. The van der Waals surface area contributed by atoms with Gasteiger partial charge in [0.1, 0.15) is 5.82 Å². The number of carbonyl (C=O) groups is 1. The van der Waals surface area contributed by atoms with Crippen LogP contribution in [0.1, 0.15) is 35.9 Å². The summed E-state index contributed by atoms with van der Waals surface area (Å²) in [6, 6.07) is 5.47. The molecule has 1 amide bonds. The van der Waals surface area contributed by atoms with Crippen LogP contribution in [-0.2, 0) is 0 Å². The lowest BCUT2D eigenvalue weighted by atomic mass is 10.2. The molecule has 0 saturated heterocycles. The molecule has 1 aromatic carbocycles. The number of fused-ring (bicyclic) bond motifs is 1. The summed E-state index contributed by atoms with van der Waals surface area (Å²) in [4.78, 5) is 19.1. The second kappa shape index (κ2) is 3.96. The number of nitrogens with one attached hydrogen (secondary N) is 2. The number of amides is 1. The van der Waals surface area contributed by atoms with Crippen molar-refractivity contribution in [2.24, 2.45) is 0 Å². The second-order valence-corrected chi connectivity index (χ2v) is 4.09. The van der Waals surface area contributed by atoms with Crippen LogP contribution >= 0.6 is 0 Å². The summed E-state index contributed by atoms with van der Waals surface area (Å²) in [5.41, 5.74) is 2.45. The molecule has 84 valence electrons. The zero-order valence-corrected chi connectivity index (χ0v) is 9.66. The van der Waals surface area contributed by atoms with Crippen molar-refractivity contribution >= 4 is 16.9 Å². The zero-order chi connectivity index (χ0) is 11.7. The summed E-state index contributed by atoms with van der Waals surface area (Å²) in [6.07, 6.45) is 0. The van der Waals surface area contributed by atoms with Crippen LogP contribution in [0.15, 0.2) is 18.2 Å². The number of carbonyl (C=O) groups excluding carboxylic acids is 1. The maximum absolute atomic E-state index is 11.5. The highest BCUT2D eigenvalue weighted by molar-refractivity contribution is 5.97. The molecule has 16 heavy (non-hydrogen) atoms. The molecule has 0 aliphatic rings. The summed E-state index contributed by atoms with van der Waals surface area (Å²) in [5.74, 6) is 1.22. The number of hydrogen-bond acceptors (Lipinski definition) is 2. The third kappa shape index (κ3) is 1.78. The standard InChI is InChI=1S/C12H15N3O/c1-7(2)11-14-9-5-4-8(12(16)13-3)6-10(9)15-11/h4-7H,1-3H3,(H,13,16)(H,14,15). The number of hydrogen-bond donors (Lipinski definition) is 2. The van der Waals surface area contributed by atoms with Gasteiger partial charge in [-0.25, -0.2) is 4.98 Å². The van der Waals surface area contributed by atoms with Crippen molar-refractivity contribution in [1.82, 2.24) is 15.3 Å². The van der Waals surface area contributed by atoms with Gasteiger partial charge in [0.2, 0.25) is 0 Å². The maximum atomic E-state index is 11.5. The van der Waals surface area contributed by atoms with E-state index in [0.717, 1.165) is 16.9 Å². The van der Waals surface area contributed by atoms with Crippen LogP contribution in [0, 0.1) is 0 Å². The lowest BCUT2D eigenvalue weighted by molar-refractivity contribution is 0.0963. The lowest BCUT2D eigenvalue weighted by Crippen LogP contribution is -2.17.